The number of hydrazine groups is 1. The quantitative estimate of drug-likeness (QED) is 0.838. The normalized spacial score (nSPS) is 10.0. The van der Waals surface area contributed by atoms with Crippen molar-refractivity contribution in [1.29, 1.82) is 0 Å². The zero-order valence-electron chi connectivity index (χ0n) is 11.7. The van der Waals surface area contributed by atoms with Crippen LogP contribution in [0.4, 0.5) is 0 Å². The molecule has 0 unspecified atom stereocenters. The number of hydrogen-bond acceptors (Lipinski definition) is 2. The highest BCUT2D eigenvalue weighted by molar-refractivity contribution is 6.30. The molecule has 0 saturated carbocycles. The van der Waals surface area contributed by atoms with Crippen LogP contribution in [0.5, 0.6) is 0 Å². The van der Waals surface area contributed by atoms with Gasteiger partial charge in [-0.15, -0.1) is 0 Å². The van der Waals surface area contributed by atoms with Gasteiger partial charge in [-0.3, -0.25) is 20.4 Å². The Kier molecular flexibility index (Phi) is 4.60. The average Bonchev–Trinajstić information content (AvgIpc) is 2.43. The highest BCUT2D eigenvalue weighted by Crippen LogP contribution is 2.10. The number of rotatable bonds is 2. The zero-order valence-corrected chi connectivity index (χ0v) is 12.5. The van der Waals surface area contributed by atoms with E-state index in [9.17, 15) is 9.59 Å². The fraction of sp³-hybridized carbons (Fsp3) is 0.125. The third-order valence-corrected chi connectivity index (χ3v) is 3.10. The number of aryl methyl sites for hydroxylation is 2. The van der Waals surface area contributed by atoms with Gasteiger partial charge in [-0.25, -0.2) is 0 Å². The van der Waals surface area contributed by atoms with Crippen LogP contribution in [0.15, 0.2) is 42.5 Å². The van der Waals surface area contributed by atoms with E-state index in [0.717, 1.165) is 11.1 Å². The van der Waals surface area contributed by atoms with Gasteiger partial charge >= 0.3 is 0 Å². The van der Waals surface area contributed by atoms with Crippen LogP contribution in [-0.2, 0) is 0 Å². The Morgan fingerprint density at radius 1 is 0.857 bits per heavy atom. The Bertz CT molecular complexity index is 678. The van der Waals surface area contributed by atoms with Crippen molar-refractivity contribution in [1.82, 2.24) is 10.9 Å². The molecular weight excluding hydrogens is 288 g/mol. The molecule has 0 fully saturated rings. The van der Waals surface area contributed by atoms with Gasteiger partial charge in [-0.05, 0) is 44.2 Å². The minimum absolute atomic E-state index is 0.364. The summed E-state index contributed by atoms with van der Waals surface area (Å²) >= 11 is 5.82. The number of benzene rings is 2. The van der Waals surface area contributed by atoms with Gasteiger partial charge in [-0.1, -0.05) is 34.9 Å². The van der Waals surface area contributed by atoms with E-state index in [4.69, 9.17) is 11.6 Å². The molecule has 2 amide bonds. The fourth-order valence-electron chi connectivity index (χ4n) is 1.99. The second kappa shape index (κ2) is 6.41. The van der Waals surface area contributed by atoms with Gasteiger partial charge in [0.25, 0.3) is 11.8 Å². The minimum atomic E-state index is -0.421. The van der Waals surface area contributed by atoms with Gasteiger partial charge in [0.05, 0.1) is 0 Å². The first-order valence-corrected chi connectivity index (χ1v) is 6.78. The van der Waals surface area contributed by atoms with E-state index in [0.29, 0.717) is 16.1 Å². The van der Waals surface area contributed by atoms with Crippen LogP contribution < -0.4 is 10.9 Å². The van der Waals surface area contributed by atoms with Gasteiger partial charge < -0.3 is 0 Å². The number of carbonyl (C=O) groups excluding carboxylic acids is 2. The van der Waals surface area contributed by atoms with E-state index in [1.54, 1.807) is 30.3 Å². The first-order valence-electron chi connectivity index (χ1n) is 6.40. The van der Waals surface area contributed by atoms with Gasteiger partial charge in [0.1, 0.15) is 0 Å². The molecule has 0 aromatic heterocycles. The largest absolute Gasteiger partial charge is 0.269 e. The monoisotopic (exact) mass is 302 g/mol. The summed E-state index contributed by atoms with van der Waals surface area (Å²) in [7, 11) is 0. The second-order valence-corrected chi connectivity index (χ2v) is 5.23. The summed E-state index contributed by atoms with van der Waals surface area (Å²) in [5, 5.41) is 0.461. The number of halogens is 1. The SMILES string of the molecule is Cc1cc(C)cc(C(=O)NNC(=O)c2cccc(Cl)c2)c1. The smallest absolute Gasteiger partial charge is 0.267 e. The third kappa shape index (κ3) is 4.07. The second-order valence-electron chi connectivity index (χ2n) is 4.79. The highest BCUT2D eigenvalue weighted by atomic mass is 35.5. The van der Waals surface area contributed by atoms with Gasteiger partial charge in [0, 0.05) is 16.1 Å². The zero-order chi connectivity index (χ0) is 15.4. The van der Waals surface area contributed by atoms with Crippen molar-refractivity contribution in [2.24, 2.45) is 0 Å². The van der Waals surface area contributed by atoms with E-state index in [2.05, 4.69) is 10.9 Å². The molecule has 0 aliphatic rings. The number of nitrogens with one attached hydrogen (secondary N) is 2. The molecule has 108 valence electrons. The molecule has 0 atom stereocenters. The average molecular weight is 303 g/mol. The molecule has 2 aromatic carbocycles. The van der Waals surface area contributed by atoms with Crippen LogP contribution in [-0.4, -0.2) is 11.8 Å². The van der Waals surface area contributed by atoms with Gasteiger partial charge in [0.2, 0.25) is 0 Å². The molecule has 0 radical (unpaired) electrons. The number of amides is 2. The van der Waals surface area contributed by atoms with E-state index < -0.39 is 5.91 Å². The Hall–Kier alpha value is -2.33. The molecule has 0 spiro atoms. The van der Waals surface area contributed by atoms with Crippen molar-refractivity contribution in [3.8, 4) is 0 Å². The van der Waals surface area contributed by atoms with E-state index in [1.165, 1.54) is 6.07 Å². The molecule has 2 N–H and O–H groups in total. The highest BCUT2D eigenvalue weighted by Gasteiger charge is 2.10. The van der Waals surface area contributed by atoms with E-state index in [1.807, 2.05) is 19.9 Å². The molecule has 5 heteroatoms. The lowest BCUT2D eigenvalue weighted by atomic mass is 10.1. The Labute approximate surface area is 128 Å². The minimum Gasteiger partial charge on any atom is -0.267 e. The van der Waals surface area contributed by atoms with Crippen LogP contribution in [0, 0.1) is 13.8 Å². The van der Waals surface area contributed by atoms with Gasteiger partial charge in [-0.2, -0.15) is 0 Å². The molecule has 2 aromatic rings. The topological polar surface area (TPSA) is 58.2 Å². The predicted molar refractivity (Wildman–Crippen MR) is 82.3 cm³/mol. The first kappa shape index (κ1) is 15.1. The van der Waals surface area contributed by atoms with Crippen molar-refractivity contribution in [3.05, 3.63) is 69.7 Å². The van der Waals surface area contributed by atoms with Crippen molar-refractivity contribution in [3.63, 3.8) is 0 Å². The Morgan fingerprint density at radius 2 is 1.43 bits per heavy atom. The Morgan fingerprint density at radius 3 is 2.00 bits per heavy atom. The summed E-state index contributed by atoms with van der Waals surface area (Å²) < 4.78 is 0. The van der Waals surface area contributed by atoms with Crippen molar-refractivity contribution >= 4 is 23.4 Å². The van der Waals surface area contributed by atoms with Crippen LogP contribution in [0.3, 0.4) is 0 Å². The van der Waals surface area contributed by atoms with Crippen molar-refractivity contribution < 1.29 is 9.59 Å². The molecule has 0 bridgehead atoms. The maximum absolute atomic E-state index is 12.0. The summed E-state index contributed by atoms with van der Waals surface area (Å²) in [5.41, 5.74) is 7.61. The van der Waals surface area contributed by atoms with E-state index >= 15 is 0 Å². The molecule has 2 rings (SSSR count). The predicted octanol–water partition coefficient (Wildman–Crippen LogP) is 3.03. The molecule has 4 nitrogen and oxygen atoms in total. The maximum Gasteiger partial charge on any atom is 0.269 e. The number of carbonyl (C=O) groups is 2. The third-order valence-electron chi connectivity index (χ3n) is 2.86. The molecule has 21 heavy (non-hydrogen) atoms. The lowest BCUT2D eigenvalue weighted by molar-refractivity contribution is 0.0846. The van der Waals surface area contributed by atoms with Crippen LogP contribution >= 0.6 is 11.6 Å². The molecule has 0 heterocycles. The summed E-state index contributed by atoms with van der Waals surface area (Å²) in [5.74, 6) is -0.785. The van der Waals surface area contributed by atoms with Crippen molar-refractivity contribution in [2.45, 2.75) is 13.8 Å². The molecule has 0 saturated heterocycles. The maximum atomic E-state index is 12.0. The summed E-state index contributed by atoms with van der Waals surface area (Å²) in [6.07, 6.45) is 0. The standard InChI is InChI=1S/C16H15ClN2O2/c1-10-6-11(2)8-13(7-10)16(21)19-18-15(20)12-4-3-5-14(17)9-12/h3-9H,1-2H3,(H,18,20)(H,19,21). The summed E-state index contributed by atoms with van der Waals surface area (Å²) in [6.45, 7) is 3.82. The van der Waals surface area contributed by atoms with Crippen LogP contribution in [0.2, 0.25) is 5.02 Å². The lowest BCUT2D eigenvalue weighted by Crippen LogP contribution is -2.41. The molecule has 0 aliphatic carbocycles. The molecule has 0 aliphatic heterocycles. The summed E-state index contributed by atoms with van der Waals surface area (Å²) in [4.78, 5) is 23.9. The Balaban J connectivity index is 2.02. The fourth-order valence-corrected chi connectivity index (χ4v) is 2.18. The number of hydrogen-bond donors (Lipinski definition) is 2. The van der Waals surface area contributed by atoms with E-state index in [-0.39, 0.29) is 5.91 Å². The van der Waals surface area contributed by atoms with Crippen molar-refractivity contribution in [2.75, 3.05) is 0 Å². The molecular formula is C16H15ClN2O2. The first-order chi connectivity index (χ1) is 9.95. The lowest BCUT2D eigenvalue weighted by Gasteiger charge is -2.09. The van der Waals surface area contributed by atoms with Crippen LogP contribution in [0.1, 0.15) is 31.8 Å². The van der Waals surface area contributed by atoms with Crippen LogP contribution in [0.25, 0.3) is 0 Å². The summed E-state index contributed by atoms with van der Waals surface area (Å²) in [6, 6.07) is 12.0. The van der Waals surface area contributed by atoms with Gasteiger partial charge in [0.15, 0.2) is 0 Å².